The Hall–Kier alpha value is -2.30. The largest absolute Gasteiger partial charge is 0.513 e. The van der Waals surface area contributed by atoms with Crippen LogP contribution in [0.25, 0.3) is 0 Å². The molecule has 136 valence electrons. The van der Waals surface area contributed by atoms with Gasteiger partial charge in [0.25, 0.3) is 0 Å². The lowest BCUT2D eigenvalue weighted by molar-refractivity contribution is -0.116. The van der Waals surface area contributed by atoms with Gasteiger partial charge in [-0.15, -0.1) is 0 Å². The minimum Gasteiger partial charge on any atom is -0.513 e. The third kappa shape index (κ3) is 8.98. The van der Waals surface area contributed by atoms with Crippen LogP contribution >= 0.6 is 0 Å². The minimum absolute atomic E-state index is 0.0181. The lowest BCUT2D eigenvalue weighted by Crippen LogP contribution is -2.12. The third-order valence-corrected chi connectivity index (χ3v) is 2.82. The molecule has 0 fully saturated rings. The molecule has 0 unspecified atom stereocenters. The highest BCUT2D eigenvalue weighted by Crippen LogP contribution is 2.18. The molecule has 0 aliphatic carbocycles. The monoisotopic (exact) mass is 337 g/mol. The number of aryl methyl sites for hydroxylation is 1. The lowest BCUT2D eigenvalue weighted by Gasteiger charge is -2.10. The highest BCUT2D eigenvalue weighted by Gasteiger charge is 2.12. The molecule has 24 heavy (non-hydrogen) atoms. The molecule has 0 atom stereocenters. The summed E-state index contributed by atoms with van der Waals surface area (Å²) in [5.41, 5.74) is 1.92. The number of hydrogen-bond donors (Lipinski definition) is 2. The fourth-order valence-corrected chi connectivity index (χ4v) is 1.75. The van der Waals surface area contributed by atoms with Crippen LogP contribution in [0.4, 0.5) is 5.69 Å². The number of amides is 1. The third-order valence-electron chi connectivity index (χ3n) is 2.82. The molecule has 0 aromatic heterocycles. The molecule has 0 saturated heterocycles. The quantitative estimate of drug-likeness (QED) is 0.573. The van der Waals surface area contributed by atoms with E-state index < -0.39 is 5.97 Å². The van der Waals surface area contributed by atoms with Gasteiger partial charge in [-0.2, -0.15) is 0 Å². The Labute approximate surface area is 145 Å². The van der Waals surface area contributed by atoms with Crippen molar-refractivity contribution in [2.24, 2.45) is 0 Å². The van der Waals surface area contributed by atoms with E-state index in [4.69, 9.17) is 9.84 Å². The molecule has 0 heterocycles. The van der Waals surface area contributed by atoms with Gasteiger partial charge in [-0.3, -0.25) is 4.79 Å². The van der Waals surface area contributed by atoms with Crippen molar-refractivity contribution in [1.29, 1.82) is 0 Å². The van der Waals surface area contributed by atoms with E-state index in [0.29, 0.717) is 17.7 Å². The fraction of sp³-hybridized carbons (Fsp3) is 0.474. The Kier molecular flexibility index (Phi) is 14.3. The van der Waals surface area contributed by atoms with E-state index in [0.717, 1.165) is 5.56 Å². The number of hydrogen-bond acceptors (Lipinski definition) is 4. The predicted molar refractivity (Wildman–Crippen MR) is 99.5 cm³/mol. The van der Waals surface area contributed by atoms with Crippen molar-refractivity contribution in [2.75, 3.05) is 12.4 Å². The van der Waals surface area contributed by atoms with Crippen LogP contribution in [-0.2, 0) is 16.0 Å². The number of benzene rings is 1. The summed E-state index contributed by atoms with van der Waals surface area (Å²) in [4.78, 5) is 23.2. The molecule has 0 spiro atoms. The number of aliphatic hydroxyl groups excluding tert-OH is 1. The first-order valence-corrected chi connectivity index (χ1v) is 8.35. The normalized spacial score (nSPS) is 8.75. The summed E-state index contributed by atoms with van der Waals surface area (Å²) in [5, 5.41) is 11.7. The van der Waals surface area contributed by atoms with Crippen molar-refractivity contribution in [1.82, 2.24) is 0 Å². The molecular formula is C19H31NO4. The number of anilines is 1. The second-order valence-electron chi connectivity index (χ2n) is 4.33. The molecular weight excluding hydrogens is 306 g/mol. The van der Waals surface area contributed by atoms with Gasteiger partial charge < -0.3 is 15.2 Å². The van der Waals surface area contributed by atoms with Gasteiger partial charge in [-0.05, 0) is 30.2 Å². The molecule has 0 bridgehead atoms. The molecule has 0 saturated carbocycles. The summed E-state index contributed by atoms with van der Waals surface area (Å²) >= 11 is 0. The Bertz CT molecular complexity index is 524. The van der Waals surface area contributed by atoms with Crippen LogP contribution < -0.4 is 5.32 Å². The van der Waals surface area contributed by atoms with Crippen molar-refractivity contribution in [2.45, 2.75) is 53.9 Å². The maximum atomic E-state index is 11.6. The molecule has 0 radical (unpaired) electrons. The molecule has 0 aliphatic rings. The number of carbonyl (C=O) groups excluding carboxylic acids is 2. The van der Waals surface area contributed by atoms with Crippen LogP contribution in [0.2, 0.25) is 0 Å². The van der Waals surface area contributed by atoms with Gasteiger partial charge in [0.2, 0.25) is 5.91 Å². The van der Waals surface area contributed by atoms with E-state index in [1.165, 1.54) is 7.11 Å². The van der Waals surface area contributed by atoms with Crippen LogP contribution in [0.1, 0.15) is 63.4 Å². The van der Waals surface area contributed by atoms with Crippen molar-refractivity contribution in [3.05, 3.63) is 41.7 Å². The number of carbonyl (C=O) groups is 2. The summed E-state index contributed by atoms with van der Waals surface area (Å²) in [6.45, 7) is 13.2. The van der Waals surface area contributed by atoms with Crippen LogP contribution in [0.3, 0.4) is 0 Å². The number of aliphatic hydroxyl groups is 1. The van der Waals surface area contributed by atoms with E-state index in [1.54, 1.807) is 18.2 Å². The topological polar surface area (TPSA) is 75.6 Å². The zero-order valence-electron chi connectivity index (χ0n) is 15.7. The molecule has 2 N–H and O–H groups in total. The second kappa shape index (κ2) is 14.3. The molecule has 0 aliphatic heterocycles. The van der Waals surface area contributed by atoms with E-state index in [-0.39, 0.29) is 24.5 Å². The van der Waals surface area contributed by atoms with Crippen LogP contribution in [0, 0.1) is 0 Å². The summed E-state index contributed by atoms with van der Waals surface area (Å²) < 4.78 is 4.70. The highest BCUT2D eigenvalue weighted by molar-refractivity contribution is 5.94. The van der Waals surface area contributed by atoms with Gasteiger partial charge in [0.15, 0.2) is 0 Å². The first kappa shape index (κ1) is 24.0. The van der Waals surface area contributed by atoms with Gasteiger partial charge in [0.1, 0.15) is 0 Å². The van der Waals surface area contributed by atoms with E-state index in [9.17, 15) is 9.59 Å². The standard InChI is InChI=1S/C15H19NO4.2C2H6/c1-4-11-9-12(6-7-13(11)15(19)20-3)16-14(18)8-5-10(2)17;2*1-2/h6-7,9,17H,2,4-5,8H2,1,3H3,(H,16,18);2*1-2H3. The lowest BCUT2D eigenvalue weighted by atomic mass is 10.0. The Morgan fingerprint density at radius 3 is 2.21 bits per heavy atom. The molecule has 1 aromatic rings. The molecule has 1 aromatic carbocycles. The van der Waals surface area contributed by atoms with Crippen molar-refractivity contribution in [3.63, 3.8) is 0 Å². The van der Waals surface area contributed by atoms with Gasteiger partial charge in [-0.25, -0.2) is 4.79 Å². The zero-order chi connectivity index (χ0) is 19.1. The first-order valence-electron chi connectivity index (χ1n) is 8.35. The van der Waals surface area contributed by atoms with Gasteiger partial charge in [-0.1, -0.05) is 41.2 Å². The zero-order valence-corrected chi connectivity index (χ0v) is 15.7. The van der Waals surface area contributed by atoms with Crippen molar-refractivity contribution >= 4 is 17.6 Å². The summed E-state index contributed by atoms with van der Waals surface area (Å²) in [6.07, 6.45) is 1.05. The molecule has 5 heteroatoms. The van der Waals surface area contributed by atoms with Crippen molar-refractivity contribution in [3.8, 4) is 0 Å². The fourth-order valence-electron chi connectivity index (χ4n) is 1.75. The molecule has 5 nitrogen and oxygen atoms in total. The van der Waals surface area contributed by atoms with Crippen LogP contribution in [0.15, 0.2) is 30.5 Å². The number of allylic oxidation sites excluding steroid dienone is 1. The number of ether oxygens (including phenoxy) is 1. The Morgan fingerprint density at radius 1 is 1.17 bits per heavy atom. The minimum atomic E-state index is -0.392. The van der Waals surface area contributed by atoms with E-state index in [2.05, 4.69) is 11.9 Å². The van der Waals surface area contributed by atoms with Gasteiger partial charge >= 0.3 is 5.97 Å². The Balaban J connectivity index is 0. The number of rotatable bonds is 6. The number of methoxy groups -OCH3 is 1. The van der Waals surface area contributed by atoms with E-state index in [1.807, 2.05) is 34.6 Å². The Morgan fingerprint density at radius 2 is 1.75 bits per heavy atom. The summed E-state index contributed by atoms with van der Waals surface area (Å²) in [6, 6.07) is 5.03. The maximum absolute atomic E-state index is 11.6. The first-order chi connectivity index (χ1) is 11.5. The second-order valence-corrected chi connectivity index (χ2v) is 4.33. The number of esters is 1. The average Bonchev–Trinajstić information content (AvgIpc) is 2.62. The van der Waals surface area contributed by atoms with Gasteiger partial charge in [0, 0.05) is 18.5 Å². The molecule has 1 amide bonds. The summed E-state index contributed by atoms with van der Waals surface area (Å²) in [7, 11) is 1.33. The highest BCUT2D eigenvalue weighted by atomic mass is 16.5. The number of nitrogens with one attached hydrogen (secondary N) is 1. The van der Waals surface area contributed by atoms with Crippen molar-refractivity contribution < 1.29 is 19.4 Å². The molecule has 1 rings (SSSR count). The predicted octanol–water partition coefficient (Wildman–Crippen LogP) is 4.88. The van der Waals surface area contributed by atoms with Gasteiger partial charge in [0.05, 0.1) is 18.4 Å². The summed E-state index contributed by atoms with van der Waals surface area (Å²) in [5.74, 6) is -0.625. The van der Waals surface area contributed by atoms with E-state index >= 15 is 0 Å². The average molecular weight is 337 g/mol. The SMILES string of the molecule is C=C(O)CCC(=O)Nc1ccc(C(=O)OC)c(CC)c1.CC.CC. The van der Waals surface area contributed by atoms with Crippen LogP contribution in [-0.4, -0.2) is 24.1 Å². The smallest absolute Gasteiger partial charge is 0.338 e. The maximum Gasteiger partial charge on any atom is 0.338 e. The van der Waals surface area contributed by atoms with Crippen LogP contribution in [0.5, 0.6) is 0 Å².